The Morgan fingerprint density at radius 1 is 1.32 bits per heavy atom. The van der Waals surface area contributed by atoms with Crippen LogP contribution in [-0.4, -0.2) is 11.9 Å². The van der Waals surface area contributed by atoms with Gasteiger partial charge in [-0.05, 0) is 30.2 Å². The number of anilines is 1. The molecule has 0 aromatic heterocycles. The van der Waals surface area contributed by atoms with E-state index in [-0.39, 0.29) is 5.92 Å². The van der Waals surface area contributed by atoms with Gasteiger partial charge in [0.2, 0.25) is 5.91 Å². The first-order valence-electron chi connectivity index (χ1n) is 5.99. The van der Waals surface area contributed by atoms with Gasteiger partial charge in [-0.15, -0.1) is 0 Å². The Balaban J connectivity index is 2.71. The Morgan fingerprint density at radius 2 is 1.84 bits per heavy atom. The zero-order chi connectivity index (χ0) is 14.6. The van der Waals surface area contributed by atoms with Crippen LogP contribution in [0, 0.1) is 5.92 Å². The van der Waals surface area contributed by atoms with Crippen molar-refractivity contribution in [2.24, 2.45) is 11.7 Å². The number of benzene rings is 1. The van der Waals surface area contributed by atoms with E-state index >= 15 is 0 Å². The number of amides is 1. The molecule has 0 bridgehead atoms. The van der Waals surface area contributed by atoms with Crippen LogP contribution in [0.1, 0.15) is 25.8 Å². The van der Waals surface area contributed by atoms with Crippen LogP contribution in [0.25, 0.3) is 0 Å². The zero-order valence-electron chi connectivity index (χ0n) is 10.8. The lowest BCUT2D eigenvalue weighted by atomic mass is 9.99. The summed E-state index contributed by atoms with van der Waals surface area (Å²) in [6.45, 7) is 3.76. The Kier molecular flexibility index (Phi) is 4.94. The lowest BCUT2D eigenvalue weighted by Crippen LogP contribution is -2.40. The third kappa shape index (κ3) is 4.24. The molecule has 0 heterocycles. The van der Waals surface area contributed by atoms with E-state index in [9.17, 15) is 18.0 Å². The molecule has 1 rings (SSSR count). The Morgan fingerprint density at radius 3 is 2.26 bits per heavy atom. The fraction of sp³-hybridized carbons (Fsp3) is 0.462. The van der Waals surface area contributed by atoms with Crippen LogP contribution < -0.4 is 11.1 Å². The van der Waals surface area contributed by atoms with Gasteiger partial charge in [0.15, 0.2) is 0 Å². The third-order valence-corrected chi connectivity index (χ3v) is 3.04. The number of hydrogen-bond donors (Lipinski definition) is 2. The van der Waals surface area contributed by atoms with Crippen LogP contribution in [0.4, 0.5) is 18.9 Å². The highest BCUT2D eigenvalue weighted by molar-refractivity contribution is 5.94. The molecule has 0 spiro atoms. The normalized spacial score (nSPS) is 14.8. The predicted octanol–water partition coefficient (Wildman–Crippen LogP) is 3.02. The molecule has 1 aromatic carbocycles. The number of carbonyl (C=O) groups is 1. The summed E-state index contributed by atoms with van der Waals surface area (Å²) in [5, 5.41) is 2.50. The van der Waals surface area contributed by atoms with Crippen molar-refractivity contribution < 1.29 is 18.0 Å². The molecule has 3 nitrogen and oxygen atoms in total. The second kappa shape index (κ2) is 6.06. The molecule has 1 amide bonds. The molecule has 0 aliphatic rings. The van der Waals surface area contributed by atoms with Crippen LogP contribution in [0.2, 0.25) is 0 Å². The van der Waals surface area contributed by atoms with Gasteiger partial charge in [-0.1, -0.05) is 20.3 Å². The predicted molar refractivity (Wildman–Crippen MR) is 67.5 cm³/mol. The molecule has 0 fully saturated rings. The quantitative estimate of drug-likeness (QED) is 0.886. The summed E-state index contributed by atoms with van der Waals surface area (Å²) in [7, 11) is 0. The molecular weight excluding hydrogens is 257 g/mol. The minimum atomic E-state index is -4.38. The van der Waals surface area contributed by atoms with E-state index in [1.165, 1.54) is 12.1 Å². The van der Waals surface area contributed by atoms with E-state index in [4.69, 9.17) is 5.73 Å². The molecule has 0 aliphatic carbocycles. The molecule has 0 saturated heterocycles. The van der Waals surface area contributed by atoms with Gasteiger partial charge in [0.25, 0.3) is 0 Å². The first-order valence-corrected chi connectivity index (χ1v) is 5.99. The number of carbonyl (C=O) groups excluding carboxylic acids is 1. The van der Waals surface area contributed by atoms with Gasteiger partial charge in [-0.2, -0.15) is 13.2 Å². The second-order valence-electron chi connectivity index (χ2n) is 4.48. The van der Waals surface area contributed by atoms with Crippen LogP contribution in [0.3, 0.4) is 0 Å². The van der Waals surface area contributed by atoms with Crippen molar-refractivity contribution in [3.63, 3.8) is 0 Å². The minimum absolute atomic E-state index is 0.00875. The maximum Gasteiger partial charge on any atom is 0.416 e. The first kappa shape index (κ1) is 15.5. The number of rotatable bonds is 4. The first-order chi connectivity index (χ1) is 8.75. The van der Waals surface area contributed by atoms with Crippen molar-refractivity contribution in [2.75, 3.05) is 5.32 Å². The lowest BCUT2D eigenvalue weighted by molar-refractivity contribution is -0.137. The monoisotopic (exact) mass is 274 g/mol. The molecule has 1 aromatic rings. The van der Waals surface area contributed by atoms with E-state index in [1.54, 1.807) is 0 Å². The third-order valence-electron chi connectivity index (χ3n) is 3.04. The lowest BCUT2D eigenvalue weighted by Gasteiger charge is -2.17. The fourth-order valence-corrected chi connectivity index (χ4v) is 1.48. The number of nitrogens with two attached hydrogens (primary N) is 1. The van der Waals surface area contributed by atoms with E-state index in [1.807, 2.05) is 13.8 Å². The highest BCUT2D eigenvalue weighted by Gasteiger charge is 2.30. The summed E-state index contributed by atoms with van der Waals surface area (Å²) in [6, 6.07) is 3.59. The summed E-state index contributed by atoms with van der Waals surface area (Å²) in [4.78, 5) is 11.7. The fourth-order valence-electron chi connectivity index (χ4n) is 1.48. The minimum Gasteiger partial charge on any atom is -0.325 e. The molecule has 0 unspecified atom stereocenters. The highest BCUT2D eigenvalue weighted by atomic mass is 19.4. The number of hydrogen-bond acceptors (Lipinski definition) is 2. The average Bonchev–Trinajstić information content (AvgIpc) is 2.36. The summed E-state index contributed by atoms with van der Waals surface area (Å²) < 4.78 is 37.1. The van der Waals surface area contributed by atoms with Gasteiger partial charge < -0.3 is 11.1 Å². The van der Waals surface area contributed by atoms with Crippen LogP contribution in [0.5, 0.6) is 0 Å². The van der Waals surface area contributed by atoms with Gasteiger partial charge in [0.05, 0.1) is 11.6 Å². The summed E-state index contributed by atoms with van der Waals surface area (Å²) in [6.07, 6.45) is -3.63. The van der Waals surface area contributed by atoms with Gasteiger partial charge in [0, 0.05) is 5.69 Å². The van der Waals surface area contributed by atoms with Gasteiger partial charge in [0.1, 0.15) is 0 Å². The average molecular weight is 274 g/mol. The van der Waals surface area contributed by atoms with Crippen LogP contribution in [0.15, 0.2) is 24.3 Å². The van der Waals surface area contributed by atoms with Crippen LogP contribution in [-0.2, 0) is 11.0 Å². The number of halogens is 3. The van der Waals surface area contributed by atoms with Crippen molar-refractivity contribution in [3.05, 3.63) is 29.8 Å². The molecular formula is C13H17F3N2O. The summed E-state index contributed by atoms with van der Waals surface area (Å²) >= 11 is 0. The zero-order valence-corrected chi connectivity index (χ0v) is 10.8. The molecule has 2 atom stereocenters. The molecule has 0 saturated carbocycles. The Labute approximate surface area is 110 Å². The van der Waals surface area contributed by atoms with E-state index in [0.717, 1.165) is 18.6 Å². The topological polar surface area (TPSA) is 55.1 Å². The molecule has 0 radical (unpaired) electrons. The van der Waals surface area contributed by atoms with Gasteiger partial charge in [-0.3, -0.25) is 4.79 Å². The molecule has 106 valence electrons. The van der Waals surface area contributed by atoms with Crippen molar-refractivity contribution in [2.45, 2.75) is 32.5 Å². The number of nitrogens with one attached hydrogen (secondary N) is 1. The van der Waals surface area contributed by atoms with E-state index < -0.39 is 23.7 Å². The SMILES string of the molecule is CC[C@H](C)[C@H](N)C(=O)Nc1ccc(C(F)(F)F)cc1. The van der Waals surface area contributed by atoms with Crippen molar-refractivity contribution in [1.29, 1.82) is 0 Å². The Bertz CT molecular complexity index is 429. The Hall–Kier alpha value is -1.56. The highest BCUT2D eigenvalue weighted by Crippen LogP contribution is 2.29. The summed E-state index contributed by atoms with van der Waals surface area (Å²) in [5.41, 5.74) is 5.28. The molecule has 3 N–H and O–H groups in total. The standard InChI is InChI=1S/C13H17F3N2O/c1-3-8(2)11(17)12(19)18-10-6-4-9(5-7-10)13(14,15)16/h4-8,11H,3,17H2,1-2H3,(H,18,19)/t8-,11-/m0/s1. The maximum absolute atomic E-state index is 12.4. The van der Waals surface area contributed by atoms with E-state index in [2.05, 4.69) is 5.32 Å². The largest absolute Gasteiger partial charge is 0.416 e. The maximum atomic E-state index is 12.4. The van der Waals surface area contributed by atoms with Gasteiger partial charge in [-0.25, -0.2) is 0 Å². The summed E-state index contributed by atoms with van der Waals surface area (Å²) in [5.74, 6) is -0.386. The number of alkyl halides is 3. The smallest absolute Gasteiger partial charge is 0.325 e. The molecule has 19 heavy (non-hydrogen) atoms. The van der Waals surface area contributed by atoms with Crippen molar-refractivity contribution >= 4 is 11.6 Å². The second-order valence-corrected chi connectivity index (χ2v) is 4.48. The van der Waals surface area contributed by atoms with E-state index in [0.29, 0.717) is 5.69 Å². The molecule has 0 aliphatic heterocycles. The van der Waals surface area contributed by atoms with Crippen molar-refractivity contribution in [3.8, 4) is 0 Å². The van der Waals surface area contributed by atoms with Gasteiger partial charge >= 0.3 is 6.18 Å². The van der Waals surface area contributed by atoms with Crippen molar-refractivity contribution in [1.82, 2.24) is 0 Å². The molecule has 6 heteroatoms. The van der Waals surface area contributed by atoms with Crippen LogP contribution >= 0.6 is 0 Å².